The minimum absolute atomic E-state index is 0.0354. The van der Waals surface area contributed by atoms with Crippen molar-refractivity contribution in [3.05, 3.63) is 64.3 Å². The van der Waals surface area contributed by atoms with Crippen LogP contribution in [0.25, 0.3) is 11.3 Å². The first kappa shape index (κ1) is 22.2. The summed E-state index contributed by atoms with van der Waals surface area (Å²) in [5.74, 6) is 2.06. The number of methoxy groups -OCH3 is 1. The summed E-state index contributed by atoms with van der Waals surface area (Å²) in [4.78, 5) is 14.8. The number of carbonyl (C=O) groups excluding carboxylic acids is 1. The lowest BCUT2D eigenvalue weighted by Gasteiger charge is -2.27. The second kappa shape index (κ2) is 8.87. The zero-order chi connectivity index (χ0) is 22.9. The van der Waals surface area contributed by atoms with E-state index in [4.69, 9.17) is 25.6 Å². The highest BCUT2D eigenvalue weighted by Crippen LogP contribution is 2.35. The van der Waals surface area contributed by atoms with Crippen LogP contribution >= 0.6 is 11.6 Å². The van der Waals surface area contributed by atoms with Crippen LogP contribution in [0.15, 0.2) is 47.0 Å². The molecule has 1 aromatic heterocycles. The Bertz CT molecular complexity index is 1120. The average molecular weight is 455 g/mol. The minimum atomic E-state index is -0.150. The van der Waals surface area contributed by atoms with Crippen molar-refractivity contribution in [3.63, 3.8) is 0 Å². The maximum Gasteiger partial charge on any atom is 0.260 e. The molecule has 0 bridgehead atoms. The van der Waals surface area contributed by atoms with E-state index in [0.717, 1.165) is 28.1 Å². The van der Waals surface area contributed by atoms with Crippen molar-refractivity contribution in [1.82, 2.24) is 10.1 Å². The van der Waals surface area contributed by atoms with E-state index in [1.165, 1.54) is 0 Å². The average Bonchev–Trinajstić information content (AvgIpc) is 3.20. The van der Waals surface area contributed by atoms with Gasteiger partial charge in [-0.2, -0.15) is 0 Å². The Labute approximate surface area is 193 Å². The Morgan fingerprint density at radius 2 is 1.94 bits per heavy atom. The molecule has 2 heterocycles. The number of aromatic nitrogens is 1. The second-order valence-corrected chi connectivity index (χ2v) is 9.35. The fourth-order valence-corrected chi connectivity index (χ4v) is 3.96. The van der Waals surface area contributed by atoms with Gasteiger partial charge in [-0.3, -0.25) is 4.79 Å². The van der Waals surface area contributed by atoms with Gasteiger partial charge in [-0.05, 0) is 47.9 Å². The van der Waals surface area contributed by atoms with Crippen molar-refractivity contribution in [2.75, 3.05) is 20.3 Å². The third kappa shape index (κ3) is 4.60. The highest BCUT2D eigenvalue weighted by Gasteiger charge is 2.28. The van der Waals surface area contributed by atoms with Crippen molar-refractivity contribution >= 4 is 17.5 Å². The lowest BCUT2D eigenvalue weighted by Crippen LogP contribution is -2.39. The van der Waals surface area contributed by atoms with E-state index < -0.39 is 0 Å². The molecule has 0 fully saturated rings. The molecule has 3 aromatic rings. The van der Waals surface area contributed by atoms with E-state index >= 15 is 0 Å². The number of carbonyl (C=O) groups is 1. The zero-order valence-corrected chi connectivity index (χ0v) is 19.5. The predicted molar refractivity (Wildman–Crippen MR) is 123 cm³/mol. The van der Waals surface area contributed by atoms with Gasteiger partial charge in [0.25, 0.3) is 5.91 Å². The Morgan fingerprint density at radius 3 is 2.62 bits per heavy atom. The van der Waals surface area contributed by atoms with Gasteiger partial charge in [0.2, 0.25) is 0 Å². The lowest BCUT2D eigenvalue weighted by molar-refractivity contribution is -0.134. The lowest BCUT2D eigenvalue weighted by atomic mass is 9.86. The van der Waals surface area contributed by atoms with Crippen molar-refractivity contribution in [1.29, 1.82) is 0 Å². The highest BCUT2D eigenvalue weighted by atomic mass is 35.5. The fraction of sp³-hybridized carbons (Fsp3) is 0.360. The van der Waals surface area contributed by atoms with Crippen LogP contribution in [0.4, 0.5) is 0 Å². The number of halogens is 1. The van der Waals surface area contributed by atoms with Gasteiger partial charge < -0.3 is 18.9 Å². The molecular weight excluding hydrogens is 428 g/mol. The molecule has 0 spiro atoms. The monoisotopic (exact) mass is 454 g/mol. The molecule has 0 atom stereocenters. The minimum Gasteiger partial charge on any atom is -0.497 e. The van der Waals surface area contributed by atoms with E-state index in [-0.39, 0.29) is 17.9 Å². The predicted octanol–water partition coefficient (Wildman–Crippen LogP) is 5.26. The Kier molecular flexibility index (Phi) is 6.15. The van der Waals surface area contributed by atoms with Crippen LogP contribution in [-0.4, -0.2) is 36.2 Å². The van der Waals surface area contributed by atoms with E-state index in [0.29, 0.717) is 36.0 Å². The molecule has 0 N–H and O–H groups in total. The van der Waals surface area contributed by atoms with Gasteiger partial charge in [-0.1, -0.05) is 37.5 Å². The largest absolute Gasteiger partial charge is 0.497 e. The van der Waals surface area contributed by atoms with Crippen LogP contribution in [0.3, 0.4) is 0 Å². The smallest absolute Gasteiger partial charge is 0.260 e. The summed E-state index contributed by atoms with van der Waals surface area (Å²) in [5, 5.41) is 4.87. The summed E-state index contributed by atoms with van der Waals surface area (Å²) in [7, 11) is 1.64. The molecule has 168 valence electrons. The van der Waals surface area contributed by atoms with Crippen LogP contribution in [0.2, 0.25) is 5.02 Å². The number of fused-ring (bicyclic) bond motifs is 1. The SMILES string of the molecule is COc1ccc(OCC(=O)N2CCc3noc(-c4ccc(Cl)cc4)c3C2)c(C(C)(C)C)c1. The van der Waals surface area contributed by atoms with Gasteiger partial charge in [-0.25, -0.2) is 0 Å². The summed E-state index contributed by atoms with van der Waals surface area (Å²) >= 11 is 6.00. The molecule has 0 unspecified atom stereocenters. The molecule has 1 amide bonds. The van der Waals surface area contributed by atoms with E-state index in [1.807, 2.05) is 42.5 Å². The molecule has 0 radical (unpaired) electrons. The van der Waals surface area contributed by atoms with Gasteiger partial charge in [-0.15, -0.1) is 0 Å². The van der Waals surface area contributed by atoms with Crippen molar-refractivity contribution < 1.29 is 18.8 Å². The van der Waals surface area contributed by atoms with Gasteiger partial charge in [0.1, 0.15) is 11.5 Å². The Balaban J connectivity index is 1.48. The van der Waals surface area contributed by atoms with Crippen molar-refractivity contribution in [3.8, 4) is 22.8 Å². The van der Waals surface area contributed by atoms with E-state index in [2.05, 4.69) is 25.9 Å². The van der Waals surface area contributed by atoms with E-state index in [9.17, 15) is 4.79 Å². The number of benzene rings is 2. The number of rotatable bonds is 5. The molecule has 4 rings (SSSR count). The summed E-state index contributed by atoms with van der Waals surface area (Å²) in [5.41, 5.74) is 3.57. The molecule has 1 aliphatic rings. The van der Waals surface area contributed by atoms with Gasteiger partial charge in [0.15, 0.2) is 12.4 Å². The maximum atomic E-state index is 13.0. The van der Waals surface area contributed by atoms with Crippen LogP contribution < -0.4 is 9.47 Å². The summed E-state index contributed by atoms with van der Waals surface area (Å²) in [6.07, 6.45) is 0.647. The molecule has 32 heavy (non-hydrogen) atoms. The molecule has 0 saturated heterocycles. The number of hydrogen-bond acceptors (Lipinski definition) is 5. The topological polar surface area (TPSA) is 64.8 Å². The third-order valence-electron chi connectivity index (χ3n) is 5.64. The Morgan fingerprint density at radius 1 is 1.19 bits per heavy atom. The number of ether oxygens (including phenoxy) is 2. The second-order valence-electron chi connectivity index (χ2n) is 8.91. The van der Waals surface area contributed by atoms with Gasteiger partial charge in [0, 0.05) is 34.7 Å². The molecule has 7 heteroatoms. The van der Waals surface area contributed by atoms with Crippen LogP contribution in [0, 0.1) is 0 Å². The highest BCUT2D eigenvalue weighted by molar-refractivity contribution is 6.30. The quantitative estimate of drug-likeness (QED) is 0.525. The first-order valence-electron chi connectivity index (χ1n) is 10.6. The maximum absolute atomic E-state index is 13.0. The number of hydrogen-bond donors (Lipinski definition) is 0. The fourth-order valence-electron chi connectivity index (χ4n) is 3.83. The van der Waals surface area contributed by atoms with Crippen LogP contribution in [0.5, 0.6) is 11.5 Å². The molecule has 0 saturated carbocycles. The molecule has 1 aliphatic heterocycles. The molecule has 6 nitrogen and oxygen atoms in total. The standard InChI is InChI=1S/C25H27ClN2O4/c1-25(2,3)20-13-18(30-4)9-10-22(20)31-15-23(29)28-12-11-21-19(14-28)24(32-27-21)16-5-7-17(26)8-6-16/h5-10,13H,11-12,14-15H2,1-4H3. The van der Waals surface area contributed by atoms with Crippen LogP contribution in [-0.2, 0) is 23.2 Å². The normalized spacial score (nSPS) is 13.6. The Hall–Kier alpha value is -2.99. The number of nitrogens with zero attached hydrogens (tertiary/aromatic N) is 2. The van der Waals surface area contributed by atoms with Crippen molar-refractivity contribution in [2.24, 2.45) is 0 Å². The first-order chi connectivity index (χ1) is 15.3. The summed E-state index contributed by atoms with van der Waals surface area (Å²) < 4.78 is 16.9. The molecule has 0 aliphatic carbocycles. The molecular formula is C25H27ClN2O4. The third-order valence-corrected chi connectivity index (χ3v) is 5.89. The van der Waals surface area contributed by atoms with Crippen molar-refractivity contribution in [2.45, 2.75) is 39.2 Å². The number of amides is 1. The van der Waals surface area contributed by atoms with Gasteiger partial charge >= 0.3 is 0 Å². The van der Waals surface area contributed by atoms with E-state index in [1.54, 1.807) is 12.0 Å². The van der Waals surface area contributed by atoms with Crippen LogP contribution in [0.1, 0.15) is 37.6 Å². The zero-order valence-electron chi connectivity index (χ0n) is 18.8. The molecule has 2 aromatic carbocycles. The summed E-state index contributed by atoms with van der Waals surface area (Å²) in [6, 6.07) is 13.1. The summed E-state index contributed by atoms with van der Waals surface area (Å²) in [6.45, 7) is 7.29. The first-order valence-corrected chi connectivity index (χ1v) is 11.0. The van der Waals surface area contributed by atoms with Gasteiger partial charge in [0.05, 0.1) is 19.3 Å².